The van der Waals surface area contributed by atoms with E-state index in [0.717, 1.165) is 18.8 Å². The molecule has 2 saturated carbocycles. The van der Waals surface area contributed by atoms with Crippen molar-refractivity contribution in [2.45, 2.75) is 141 Å². The van der Waals surface area contributed by atoms with E-state index in [1.54, 1.807) is 0 Å². The predicted octanol–water partition coefficient (Wildman–Crippen LogP) is 7.98. The Bertz CT molecular complexity index is 379. The van der Waals surface area contributed by atoms with Gasteiger partial charge in [-0.05, 0) is 43.9 Å². The molecule has 3 unspecified atom stereocenters. The van der Waals surface area contributed by atoms with Gasteiger partial charge in [-0.1, -0.05) is 96.8 Å². The Balaban J connectivity index is 1.47. The standard InChI is InChI=1S/C25H46O2/c1-2-3-4-5-6-7-8-9-10-11-12-19-25(26)27-24-18-14-16-22-15-13-17-23(24)21-20-22/h22-24H,2-21H2,1H3. The summed E-state index contributed by atoms with van der Waals surface area (Å²) >= 11 is 0. The van der Waals surface area contributed by atoms with Crippen molar-refractivity contribution in [3.05, 3.63) is 0 Å². The molecule has 2 aliphatic carbocycles. The molecule has 0 N–H and O–H groups in total. The van der Waals surface area contributed by atoms with Crippen LogP contribution >= 0.6 is 0 Å². The number of carbonyl (C=O) groups is 1. The van der Waals surface area contributed by atoms with Gasteiger partial charge in [-0.3, -0.25) is 4.79 Å². The van der Waals surface area contributed by atoms with E-state index in [9.17, 15) is 4.79 Å². The maximum Gasteiger partial charge on any atom is 0.306 e. The molecule has 0 radical (unpaired) electrons. The minimum absolute atomic E-state index is 0.0808. The van der Waals surface area contributed by atoms with Gasteiger partial charge in [-0.25, -0.2) is 0 Å². The van der Waals surface area contributed by atoms with Crippen LogP contribution in [0.25, 0.3) is 0 Å². The molecule has 0 aromatic rings. The van der Waals surface area contributed by atoms with Crippen molar-refractivity contribution in [2.24, 2.45) is 11.8 Å². The Morgan fingerprint density at radius 3 is 1.96 bits per heavy atom. The summed E-state index contributed by atoms with van der Waals surface area (Å²) in [5.74, 6) is 1.69. The van der Waals surface area contributed by atoms with Gasteiger partial charge >= 0.3 is 5.97 Å². The molecule has 3 atom stereocenters. The largest absolute Gasteiger partial charge is 0.462 e. The van der Waals surface area contributed by atoms with E-state index >= 15 is 0 Å². The first kappa shape index (κ1) is 22.8. The zero-order valence-corrected chi connectivity index (χ0v) is 18.2. The minimum atomic E-state index is 0.0808. The molecule has 2 nitrogen and oxygen atoms in total. The molecule has 158 valence electrons. The maximum absolute atomic E-state index is 12.3. The minimum Gasteiger partial charge on any atom is -0.462 e. The summed E-state index contributed by atoms with van der Waals surface area (Å²) in [5.41, 5.74) is 0. The molecule has 0 aliphatic heterocycles. The Labute approximate surface area is 169 Å². The third-order valence-electron chi connectivity index (χ3n) is 7.03. The summed E-state index contributed by atoms with van der Waals surface area (Å²) in [6.45, 7) is 2.28. The van der Waals surface area contributed by atoms with Gasteiger partial charge < -0.3 is 4.74 Å². The number of hydrogen-bond acceptors (Lipinski definition) is 2. The van der Waals surface area contributed by atoms with Crippen LogP contribution in [0.2, 0.25) is 0 Å². The fraction of sp³-hybridized carbons (Fsp3) is 0.960. The van der Waals surface area contributed by atoms with Crippen LogP contribution in [0, 0.1) is 11.8 Å². The van der Waals surface area contributed by atoms with Crippen molar-refractivity contribution in [1.82, 2.24) is 0 Å². The summed E-state index contributed by atoms with van der Waals surface area (Å²) in [5, 5.41) is 0. The van der Waals surface area contributed by atoms with Gasteiger partial charge in [0.25, 0.3) is 0 Å². The van der Waals surface area contributed by atoms with Crippen molar-refractivity contribution in [2.75, 3.05) is 0 Å². The highest BCUT2D eigenvalue weighted by atomic mass is 16.5. The lowest BCUT2D eigenvalue weighted by Crippen LogP contribution is -2.28. The quantitative estimate of drug-likeness (QED) is 0.240. The molecule has 2 rings (SSSR count). The number of unbranched alkanes of at least 4 members (excludes halogenated alkanes) is 10. The summed E-state index contributed by atoms with van der Waals surface area (Å²) < 4.78 is 5.96. The number of carbonyl (C=O) groups excluding carboxylic acids is 1. The van der Waals surface area contributed by atoms with Crippen LogP contribution < -0.4 is 0 Å². The summed E-state index contributed by atoms with van der Waals surface area (Å²) in [7, 11) is 0. The second kappa shape index (κ2) is 14.5. The highest BCUT2D eigenvalue weighted by Gasteiger charge is 2.30. The molecule has 0 aromatic heterocycles. The fourth-order valence-corrected chi connectivity index (χ4v) is 5.23. The van der Waals surface area contributed by atoms with Crippen molar-refractivity contribution in [3.63, 3.8) is 0 Å². The monoisotopic (exact) mass is 378 g/mol. The van der Waals surface area contributed by atoms with Crippen molar-refractivity contribution in [3.8, 4) is 0 Å². The lowest BCUT2D eigenvalue weighted by Gasteiger charge is -2.28. The number of ether oxygens (including phenoxy) is 1. The van der Waals surface area contributed by atoms with E-state index in [2.05, 4.69) is 6.92 Å². The fourth-order valence-electron chi connectivity index (χ4n) is 5.23. The first-order valence-corrected chi connectivity index (χ1v) is 12.5. The first-order valence-electron chi connectivity index (χ1n) is 12.5. The average Bonchev–Trinajstić information content (AvgIpc) is 2.84. The second-order valence-electron chi connectivity index (χ2n) is 9.38. The smallest absolute Gasteiger partial charge is 0.306 e. The number of hydrogen-bond donors (Lipinski definition) is 0. The van der Waals surface area contributed by atoms with E-state index in [4.69, 9.17) is 4.74 Å². The molecule has 0 spiro atoms. The predicted molar refractivity (Wildman–Crippen MR) is 115 cm³/mol. The molecular weight excluding hydrogens is 332 g/mol. The second-order valence-corrected chi connectivity index (χ2v) is 9.38. The number of fused-ring (bicyclic) bond motifs is 3. The van der Waals surface area contributed by atoms with Crippen LogP contribution in [0.1, 0.15) is 135 Å². The van der Waals surface area contributed by atoms with Gasteiger partial charge in [0.05, 0.1) is 0 Å². The molecule has 0 aromatic carbocycles. The van der Waals surface area contributed by atoms with Gasteiger partial charge in [-0.2, -0.15) is 0 Å². The van der Waals surface area contributed by atoms with E-state index in [0.29, 0.717) is 12.3 Å². The van der Waals surface area contributed by atoms with Crippen LogP contribution in [0.15, 0.2) is 0 Å². The van der Waals surface area contributed by atoms with E-state index in [1.807, 2.05) is 0 Å². The van der Waals surface area contributed by atoms with Crippen molar-refractivity contribution >= 4 is 5.97 Å². The van der Waals surface area contributed by atoms with Crippen molar-refractivity contribution < 1.29 is 9.53 Å². The highest BCUT2D eigenvalue weighted by molar-refractivity contribution is 5.69. The zero-order valence-electron chi connectivity index (χ0n) is 18.2. The SMILES string of the molecule is CCCCCCCCCCCCCC(=O)OC1CCCC2CCCC1CC2. The third-order valence-corrected chi connectivity index (χ3v) is 7.03. The Kier molecular flexibility index (Phi) is 12.2. The van der Waals surface area contributed by atoms with Gasteiger partial charge in [0, 0.05) is 6.42 Å². The van der Waals surface area contributed by atoms with Gasteiger partial charge in [0.15, 0.2) is 0 Å². The van der Waals surface area contributed by atoms with E-state index < -0.39 is 0 Å². The topological polar surface area (TPSA) is 26.3 Å². The Hall–Kier alpha value is -0.530. The van der Waals surface area contributed by atoms with Crippen LogP contribution in [0.3, 0.4) is 0 Å². The average molecular weight is 379 g/mol. The summed E-state index contributed by atoms with van der Waals surface area (Å²) in [6, 6.07) is 0. The van der Waals surface area contributed by atoms with Crippen LogP contribution in [-0.2, 0) is 9.53 Å². The van der Waals surface area contributed by atoms with Gasteiger partial charge in [-0.15, -0.1) is 0 Å². The van der Waals surface area contributed by atoms with E-state index in [-0.39, 0.29) is 12.1 Å². The highest BCUT2D eigenvalue weighted by Crippen LogP contribution is 2.37. The van der Waals surface area contributed by atoms with Crippen LogP contribution in [0.5, 0.6) is 0 Å². The molecule has 0 saturated heterocycles. The molecule has 0 amide bonds. The number of rotatable bonds is 13. The molecular formula is C25H46O2. The molecule has 0 heterocycles. The van der Waals surface area contributed by atoms with Gasteiger partial charge in [0.2, 0.25) is 0 Å². The van der Waals surface area contributed by atoms with Crippen molar-refractivity contribution in [1.29, 1.82) is 0 Å². The molecule has 2 heteroatoms. The van der Waals surface area contributed by atoms with Crippen LogP contribution in [-0.4, -0.2) is 12.1 Å². The zero-order chi connectivity index (χ0) is 19.2. The molecule has 27 heavy (non-hydrogen) atoms. The lowest BCUT2D eigenvalue weighted by atomic mass is 9.85. The van der Waals surface area contributed by atoms with Crippen LogP contribution in [0.4, 0.5) is 0 Å². The van der Waals surface area contributed by atoms with E-state index in [1.165, 1.54) is 109 Å². The number of esters is 1. The third kappa shape index (κ3) is 9.99. The Morgan fingerprint density at radius 1 is 0.704 bits per heavy atom. The molecule has 2 bridgehead atoms. The summed E-state index contributed by atoms with van der Waals surface area (Å²) in [4.78, 5) is 12.3. The van der Waals surface area contributed by atoms with Gasteiger partial charge in [0.1, 0.15) is 6.10 Å². The molecule has 2 aliphatic rings. The lowest BCUT2D eigenvalue weighted by molar-refractivity contribution is -0.153. The normalized spacial score (nSPS) is 25.6. The summed E-state index contributed by atoms with van der Waals surface area (Å²) in [6.07, 6.45) is 25.9. The first-order chi connectivity index (χ1) is 13.3. The maximum atomic E-state index is 12.3. The molecule has 2 fully saturated rings. The Morgan fingerprint density at radius 2 is 1.30 bits per heavy atom.